The predicted octanol–water partition coefficient (Wildman–Crippen LogP) is 3.32. The summed E-state index contributed by atoms with van der Waals surface area (Å²) in [5, 5.41) is 10.9. The van der Waals surface area contributed by atoms with E-state index in [9.17, 15) is 14.0 Å². The molecule has 1 N–H and O–H groups in total. The Bertz CT molecular complexity index is 1060. The summed E-state index contributed by atoms with van der Waals surface area (Å²) in [6.45, 7) is -0.205. The van der Waals surface area contributed by atoms with Crippen LogP contribution in [0.1, 0.15) is 5.56 Å². The van der Waals surface area contributed by atoms with E-state index < -0.39 is 17.6 Å². The summed E-state index contributed by atoms with van der Waals surface area (Å²) in [6, 6.07) is 12.4. The van der Waals surface area contributed by atoms with Crippen molar-refractivity contribution in [1.29, 1.82) is 5.26 Å². The molecule has 3 rings (SSSR count). The Morgan fingerprint density at radius 3 is 2.75 bits per heavy atom. The first-order valence-corrected chi connectivity index (χ1v) is 9.08. The Morgan fingerprint density at radius 2 is 2.04 bits per heavy atom. The molecular weight excluding hydrogens is 449 g/mol. The molecule has 2 amide bonds. The molecular formula is C19H11BrFN3O3S. The molecule has 0 saturated carbocycles. The van der Waals surface area contributed by atoms with Crippen molar-refractivity contribution in [3.8, 4) is 11.8 Å². The van der Waals surface area contributed by atoms with Crippen LogP contribution in [0.2, 0.25) is 0 Å². The number of ether oxygens (including phenoxy) is 1. The molecule has 2 aromatic carbocycles. The molecule has 6 nitrogen and oxygen atoms in total. The fourth-order valence-electron chi connectivity index (χ4n) is 2.54. The highest BCUT2D eigenvalue weighted by Gasteiger charge is 2.35. The summed E-state index contributed by atoms with van der Waals surface area (Å²) in [4.78, 5) is 26.3. The number of rotatable bonds is 4. The molecule has 9 heteroatoms. The minimum atomic E-state index is -0.773. The van der Waals surface area contributed by atoms with Crippen molar-refractivity contribution < 1.29 is 18.7 Å². The van der Waals surface area contributed by atoms with E-state index in [1.165, 1.54) is 24.3 Å². The molecule has 0 radical (unpaired) electrons. The van der Waals surface area contributed by atoms with Crippen molar-refractivity contribution in [2.24, 2.45) is 0 Å². The van der Waals surface area contributed by atoms with Crippen LogP contribution >= 0.6 is 28.1 Å². The number of nitrogens with one attached hydrogen (secondary N) is 1. The lowest BCUT2D eigenvalue weighted by atomic mass is 10.1. The van der Waals surface area contributed by atoms with Crippen LogP contribution in [0.15, 0.2) is 52.5 Å². The van der Waals surface area contributed by atoms with E-state index in [2.05, 4.69) is 21.2 Å². The van der Waals surface area contributed by atoms with E-state index in [1.54, 1.807) is 24.3 Å². The summed E-state index contributed by atoms with van der Waals surface area (Å²) in [5.41, 5.74) is 0.0692. The molecule has 1 fully saturated rings. The van der Waals surface area contributed by atoms with Crippen molar-refractivity contribution >= 4 is 56.8 Å². The van der Waals surface area contributed by atoms with Gasteiger partial charge in [0.1, 0.15) is 23.2 Å². The Morgan fingerprint density at radius 1 is 1.29 bits per heavy atom. The number of nitriles is 1. The molecule has 0 atom stereocenters. The van der Waals surface area contributed by atoms with Gasteiger partial charge in [-0.05, 0) is 48.6 Å². The lowest BCUT2D eigenvalue weighted by molar-refractivity contribution is -0.122. The molecule has 0 bridgehead atoms. The fraction of sp³-hybridized carbons (Fsp3) is 0.0526. The first-order valence-electron chi connectivity index (χ1n) is 7.87. The van der Waals surface area contributed by atoms with Gasteiger partial charge in [-0.1, -0.05) is 28.1 Å². The standard InChI is InChI=1S/C19H11BrFN3O3S/c20-12-5-6-16(27-8-7-22)11(9-12)10-13-17(25)23-19(28)24(18(13)26)15-4-2-1-3-14(15)21/h1-6,9-10H,8H2,(H,23,25,28)/b13-10+. The fourth-order valence-corrected chi connectivity index (χ4v) is 3.19. The number of benzene rings is 2. The third-order valence-corrected chi connectivity index (χ3v) is 4.54. The molecule has 2 aromatic rings. The van der Waals surface area contributed by atoms with Crippen molar-refractivity contribution in [3.05, 3.63) is 63.9 Å². The van der Waals surface area contributed by atoms with Crippen LogP contribution in [-0.2, 0) is 9.59 Å². The van der Waals surface area contributed by atoms with Gasteiger partial charge in [-0.2, -0.15) is 5.26 Å². The Hall–Kier alpha value is -3.09. The summed E-state index contributed by atoms with van der Waals surface area (Å²) in [6.07, 6.45) is 1.31. The molecule has 1 aliphatic heterocycles. The van der Waals surface area contributed by atoms with Gasteiger partial charge in [0.05, 0.1) is 5.69 Å². The zero-order valence-electron chi connectivity index (χ0n) is 14.1. The number of thiocarbonyl (C=S) groups is 1. The molecule has 1 aliphatic rings. The molecule has 1 heterocycles. The second kappa shape index (κ2) is 8.29. The van der Waals surface area contributed by atoms with Gasteiger partial charge < -0.3 is 4.74 Å². The summed E-state index contributed by atoms with van der Waals surface area (Å²) in [7, 11) is 0. The predicted molar refractivity (Wildman–Crippen MR) is 108 cm³/mol. The molecule has 0 spiro atoms. The summed E-state index contributed by atoms with van der Waals surface area (Å²) in [5.74, 6) is -1.84. The molecule has 140 valence electrons. The van der Waals surface area contributed by atoms with Crippen LogP contribution in [0.25, 0.3) is 6.08 Å². The van der Waals surface area contributed by atoms with Gasteiger partial charge in [-0.3, -0.25) is 14.9 Å². The van der Waals surface area contributed by atoms with Crippen LogP contribution < -0.4 is 15.0 Å². The molecule has 0 aliphatic carbocycles. The highest BCUT2D eigenvalue weighted by molar-refractivity contribution is 9.10. The van der Waals surface area contributed by atoms with Crippen LogP contribution in [0.3, 0.4) is 0 Å². The van der Waals surface area contributed by atoms with Gasteiger partial charge >= 0.3 is 0 Å². The number of para-hydroxylation sites is 1. The second-order valence-corrected chi connectivity index (χ2v) is 6.84. The van der Waals surface area contributed by atoms with Crippen molar-refractivity contribution in [1.82, 2.24) is 5.32 Å². The minimum absolute atomic E-state index is 0.0707. The van der Waals surface area contributed by atoms with Crippen molar-refractivity contribution in [2.45, 2.75) is 0 Å². The number of amides is 2. The Kier molecular flexibility index (Phi) is 5.82. The molecule has 1 saturated heterocycles. The number of hydrogen-bond donors (Lipinski definition) is 1. The van der Waals surface area contributed by atoms with Gasteiger partial charge in [-0.25, -0.2) is 9.29 Å². The monoisotopic (exact) mass is 459 g/mol. The topological polar surface area (TPSA) is 82.4 Å². The molecule has 0 aromatic heterocycles. The van der Waals surface area contributed by atoms with Gasteiger partial charge in [0.2, 0.25) is 0 Å². The lowest BCUT2D eigenvalue weighted by Gasteiger charge is -2.29. The van der Waals surface area contributed by atoms with Crippen LogP contribution in [0.4, 0.5) is 10.1 Å². The van der Waals surface area contributed by atoms with Crippen molar-refractivity contribution in [2.75, 3.05) is 11.5 Å². The maximum atomic E-state index is 14.2. The van der Waals surface area contributed by atoms with Gasteiger partial charge in [0, 0.05) is 10.0 Å². The van der Waals surface area contributed by atoms with E-state index in [0.717, 1.165) is 4.90 Å². The highest BCUT2D eigenvalue weighted by Crippen LogP contribution is 2.28. The van der Waals surface area contributed by atoms with E-state index in [-0.39, 0.29) is 23.0 Å². The van der Waals surface area contributed by atoms with E-state index in [0.29, 0.717) is 15.8 Å². The zero-order valence-corrected chi connectivity index (χ0v) is 16.5. The number of anilines is 1. The van der Waals surface area contributed by atoms with Gasteiger partial charge in [0.15, 0.2) is 11.7 Å². The summed E-state index contributed by atoms with van der Waals surface area (Å²) >= 11 is 8.37. The maximum absolute atomic E-state index is 14.2. The second-order valence-electron chi connectivity index (χ2n) is 5.54. The number of carbonyl (C=O) groups is 2. The quantitative estimate of drug-likeness (QED) is 0.430. The normalized spacial score (nSPS) is 15.4. The third kappa shape index (κ3) is 3.93. The van der Waals surface area contributed by atoms with E-state index in [1.807, 2.05) is 6.07 Å². The zero-order chi connectivity index (χ0) is 20.3. The van der Waals surface area contributed by atoms with E-state index >= 15 is 0 Å². The Balaban J connectivity index is 2.07. The highest BCUT2D eigenvalue weighted by atomic mass is 79.9. The number of halogens is 2. The van der Waals surface area contributed by atoms with Gasteiger partial charge in [0.25, 0.3) is 11.8 Å². The largest absolute Gasteiger partial charge is 0.478 e. The van der Waals surface area contributed by atoms with Gasteiger partial charge in [-0.15, -0.1) is 0 Å². The van der Waals surface area contributed by atoms with Crippen LogP contribution in [0, 0.1) is 17.1 Å². The van der Waals surface area contributed by atoms with Crippen LogP contribution in [0.5, 0.6) is 5.75 Å². The minimum Gasteiger partial charge on any atom is -0.478 e. The average Bonchev–Trinajstić information content (AvgIpc) is 2.66. The number of hydrogen-bond acceptors (Lipinski definition) is 5. The first kappa shape index (κ1) is 19.7. The smallest absolute Gasteiger partial charge is 0.270 e. The number of carbonyl (C=O) groups excluding carboxylic acids is 2. The Labute approximate surface area is 173 Å². The maximum Gasteiger partial charge on any atom is 0.270 e. The first-order chi connectivity index (χ1) is 13.4. The van der Waals surface area contributed by atoms with E-state index in [4.69, 9.17) is 22.2 Å². The number of nitrogens with zero attached hydrogens (tertiary/aromatic N) is 2. The molecule has 28 heavy (non-hydrogen) atoms. The van der Waals surface area contributed by atoms with Crippen LogP contribution in [-0.4, -0.2) is 23.5 Å². The average molecular weight is 460 g/mol. The van der Waals surface area contributed by atoms with Crippen molar-refractivity contribution in [3.63, 3.8) is 0 Å². The lowest BCUT2D eigenvalue weighted by Crippen LogP contribution is -2.54. The third-order valence-electron chi connectivity index (χ3n) is 3.76. The summed E-state index contributed by atoms with van der Waals surface area (Å²) < 4.78 is 20.2. The SMILES string of the molecule is N#CCOc1ccc(Br)cc1/C=C1\C(=O)NC(=S)N(c2ccccc2F)C1=O. The molecule has 0 unspecified atom stereocenters.